The predicted molar refractivity (Wildman–Crippen MR) is 123 cm³/mol. The molecule has 0 aliphatic carbocycles. The Morgan fingerprint density at radius 1 is 1.03 bits per heavy atom. The van der Waals surface area contributed by atoms with Crippen LogP contribution in [0.1, 0.15) is 16.1 Å². The Balaban J connectivity index is 1.59. The van der Waals surface area contributed by atoms with Crippen LogP contribution >= 0.6 is 23.2 Å². The van der Waals surface area contributed by atoms with Crippen molar-refractivity contribution in [1.29, 1.82) is 0 Å². The summed E-state index contributed by atoms with van der Waals surface area (Å²) in [6.45, 7) is 1.88. The molecule has 0 unspecified atom stereocenters. The molecule has 3 heterocycles. The number of carbonyl (C=O) groups is 1. The zero-order chi connectivity index (χ0) is 22.4. The van der Waals surface area contributed by atoms with Crippen LogP contribution in [0, 0.1) is 6.92 Å². The van der Waals surface area contributed by atoms with E-state index in [-0.39, 0.29) is 16.1 Å². The van der Waals surface area contributed by atoms with Gasteiger partial charge < -0.3 is 0 Å². The number of benzene rings is 2. The number of halogens is 2. The van der Waals surface area contributed by atoms with E-state index in [9.17, 15) is 9.59 Å². The summed E-state index contributed by atoms with van der Waals surface area (Å²) in [5.74, 6) is -0.566. The van der Waals surface area contributed by atoms with Crippen LogP contribution < -0.4 is 11.0 Å². The van der Waals surface area contributed by atoms with Gasteiger partial charge in [0.1, 0.15) is 5.52 Å². The second-order valence-electron chi connectivity index (χ2n) is 7.05. The molecule has 8 nitrogen and oxygen atoms in total. The van der Waals surface area contributed by atoms with Crippen molar-refractivity contribution in [2.75, 3.05) is 5.43 Å². The van der Waals surface area contributed by atoms with Crippen molar-refractivity contribution in [2.45, 2.75) is 6.92 Å². The van der Waals surface area contributed by atoms with Crippen molar-refractivity contribution in [2.24, 2.45) is 0 Å². The molecule has 158 valence electrons. The van der Waals surface area contributed by atoms with Gasteiger partial charge in [0.05, 0.1) is 21.8 Å². The first-order valence-corrected chi connectivity index (χ1v) is 10.3. The third-order valence-electron chi connectivity index (χ3n) is 5.01. The monoisotopic (exact) mass is 464 g/mol. The van der Waals surface area contributed by atoms with Gasteiger partial charge in [-0.05, 0) is 36.8 Å². The number of hydrogen-bond donors (Lipinski definition) is 1. The first-order valence-electron chi connectivity index (χ1n) is 9.53. The number of carbonyl (C=O) groups excluding carboxylic acids is 1. The molecule has 0 radical (unpaired) electrons. The standard InChI is InChI=1S/C22H14Cl2N6O2/c1-12-18(13-5-3-2-4-6-13)20-26-25-19-17(30(20)27-12)9-10-29(22(19)32)28-21(31)15-8-7-14(23)11-16(15)24/h2-11H,1H3,(H,28,31). The quantitative estimate of drug-likeness (QED) is 0.433. The number of rotatable bonds is 3. The van der Waals surface area contributed by atoms with Crippen molar-refractivity contribution in [3.63, 3.8) is 0 Å². The summed E-state index contributed by atoms with van der Waals surface area (Å²) in [6, 6.07) is 15.8. The number of fused-ring (bicyclic) bond motifs is 3. The third-order valence-corrected chi connectivity index (χ3v) is 5.56. The van der Waals surface area contributed by atoms with Crippen LogP contribution in [0.4, 0.5) is 0 Å². The van der Waals surface area contributed by atoms with Gasteiger partial charge >= 0.3 is 0 Å². The molecule has 5 aromatic rings. The van der Waals surface area contributed by atoms with E-state index in [0.29, 0.717) is 16.2 Å². The number of aryl methyl sites for hydroxylation is 1. The van der Waals surface area contributed by atoms with E-state index in [1.54, 1.807) is 10.6 Å². The average Bonchev–Trinajstić information content (AvgIpc) is 3.12. The average molecular weight is 465 g/mol. The second-order valence-corrected chi connectivity index (χ2v) is 7.90. The number of hydrogen-bond acceptors (Lipinski definition) is 5. The Morgan fingerprint density at radius 3 is 2.56 bits per heavy atom. The summed E-state index contributed by atoms with van der Waals surface area (Å²) in [6.07, 6.45) is 1.44. The lowest BCUT2D eigenvalue weighted by Crippen LogP contribution is -2.33. The molecule has 0 aliphatic rings. The minimum absolute atomic E-state index is 0.0598. The molecule has 0 bridgehead atoms. The highest BCUT2D eigenvalue weighted by Crippen LogP contribution is 2.27. The number of aromatic nitrogens is 5. The smallest absolute Gasteiger partial charge is 0.267 e. The van der Waals surface area contributed by atoms with Gasteiger partial charge in [-0.3, -0.25) is 15.0 Å². The summed E-state index contributed by atoms with van der Waals surface area (Å²) < 4.78 is 2.62. The Labute approximate surface area is 191 Å². The van der Waals surface area contributed by atoms with Gasteiger partial charge in [-0.25, -0.2) is 9.19 Å². The van der Waals surface area contributed by atoms with Crippen LogP contribution in [0.15, 0.2) is 65.6 Å². The number of nitrogens with zero attached hydrogens (tertiary/aromatic N) is 5. The Morgan fingerprint density at radius 2 is 1.81 bits per heavy atom. The van der Waals surface area contributed by atoms with Crippen molar-refractivity contribution in [1.82, 2.24) is 24.5 Å². The van der Waals surface area contributed by atoms with E-state index in [0.717, 1.165) is 21.5 Å². The van der Waals surface area contributed by atoms with E-state index < -0.39 is 11.5 Å². The summed E-state index contributed by atoms with van der Waals surface area (Å²) in [7, 11) is 0. The van der Waals surface area contributed by atoms with Crippen LogP contribution in [-0.2, 0) is 0 Å². The molecule has 0 atom stereocenters. The molecule has 1 amide bonds. The van der Waals surface area contributed by atoms with Crippen LogP contribution in [0.3, 0.4) is 0 Å². The Bertz CT molecular complexity index is 1580. The van der Waals surface area contributed by atoms with Crippen LogP contribution in [0.25, 0.3) is 27.8 Å². The Hall–Kier alpha value is -3.75. The van der Waals surface area contributed by atoms with Crippen molar-refractivity contribution < 1.29 is 4.79 Å². The lowest BCUT2D eigenvalue weighted by atomic mass is 10.1. The maximum atomic E-state index is 13.0. The number of nitrogens with one attached hydrogen (secondary N) is 1. The van der Waals surface area contributed by atoms with Crippen molar-refractivity contribution in [3.8, 4) is 11.1 Å². The van der Waals surface area contributed by atoms with E-state index in [1.165, 1.54) is 24.4 Å². The maximum absolute atomic E-state index is 13.0. The fraction of sp³-hybridized carbons (Fsp3) is 0.0455. The third kappa shape index (κ3) is 3.30. The lowest BCUT2D eigenvalue weighted by Gasteiger charge is -2.10. The molecule has 1 N–H and O–H groups in total. The molecule has 0 saturated carbocycles. The fourth-order valence-electron chi connectivity index (χ4n) is 3.53. The molecule has 0 fully saturated rings. The van der Waals surface area contributed by atoms with Gasteiger partial charge in [0.2, 0.25) is 0 Å². The molecular formula is C22H14Cl2N6O2. The Kier molecular flexibility index (Phi) is 4.88. The lowest BCUT2D eigenvalue weighted by molar-refractivity contribution is 0.101. The summed E-state index contributed by atoms with van der Waals surface area (Å²) in [5, 5.41) is 13.5. The molecule has 2 aromatic carbocycles. The maximum Gasteiger partial charge on any atom is 0.299 e. The highest BCUT2D eigenvalue weighted by atomic mass is 35.5. The normalized spacial score (nSPS) is 11.2. The van der Waals surface area contributed by atoms with E-state index in [1.807, 2.05) is 37.3 Å². The molecule has 0 spiro atoms. The first-order chi connectivity index (χ1) is 15.4. The largest absolute Gasteiger partial charge is 0.299 e. The van der Waals surface area contributed by atoms with Gasteiger partial charge in [0, 0.05) is 11.2 Å². The van der Waals surface area contributed by atoms with E-state index >= 15 is 0 Å². The second kappa shape index (κ2) is 7.74. The number of pyridine rings is 1. The predicted octanol–water partition coefficient (Wildman–Crippen LogP) is 4.11. The van der Waals surface area contributed by atoms with Gasteiger partial charge in [-0.1, -0.05) is 53.5 Å². The van der Waals surface area contributed by atoms with E-state index in [2.05, 4.69) is 20.7 Å². The molecule has 5 rings (SSSR count). The van der Waals surface area contributed by atoms with Crippen LogP contribution in [0.5, 0.6) is 0 Å². The van der Waals surface area contributed by atoms with Crippen molar-refractivity contribution >= 4 is 45.8 Å². The molecule has 0 saturated heterocycles. The number of amides is 1. The van der Waals surface area contributed by atoms with Crippen LogP contribution in [-0.4, -0.2) is 30.4 Å². The van der Waals surface area contributed by atoms with E-state index in [4.69, 9.17) is 23.2 Å². The molecule has 32 heavy (non-hydrogen) atoms. The minimum atomic E-state index is -0.566. The van der Waals surface area contributed by atoms with Crippen LogP contribution in [0.2, 0.25) is 10.0 Å². The highest BCUT2D eigenvalue weighted by Gasteiger charge is 2.18. The first kappa shape index (κ1) is 20.2. The summed E-state index contributed by atoms with van der Waals surface area (Å²) >= 11 is 12.0. The zero-order valence-corrected chi connectivity index (χ0v) is 18.1. The minimum Gasteiger partial charge on any atom is -0.267 e. The van der Waals surface area contributed by atoms with Gasteiger partial charge in [-0.2, -0.15) is 5.10 Å². The SMILES string of the molecule is Cc1nn2c(nnc3c(=O)n(NC(=O)c4ccc(Cl)cc4Cl)ccc32)c1-c1ccccc1. The fourth-order valence-corrected chi connectivity index (χ4v) is 4.02. The summed E-state index contributed by atoms with van der Waals surface area (Å²) in [5.41, 5.74) is 5.76. The van der Waals surface area contributed by atoms with Crippen molar-refractivity contribution in [3.05, 3.63) is 92.5 Å². The van der Waals surface area contributed by atoms with Gasteiger partial charge in [0.25, 0.3) is 11.5 Å². The summed E-state index contributed by atoms with van der Waals surface area (Å²) in [4.78, 5) is 25.6. The highest BCUT2D eigenvalue weighted by molar-refractivity contribution is 6.37. The molecular weight excluding hydrogens is 451 g/mol. The molecule has 10 heteroatoms. The molecule has 3 aromatic heterocycles. The molecule has 0 aliphatic heterocycles. The van der Waals surface area contributed by atoms with Gasteiger partial charge in [-0.15, -0.1) is 10.2 Å². The zero-order valence-electron chi connectivity index (χ0n) is 16.6. The van der Waals surface area contributed by atoms with Gasteiger partial charge in [0.15, 0.2) is 11.2 Å². The topological polar surface area (TPSA) is 94.2 Å².